The Hall–Kier alpha value is -3.46. The Balaban J connectivity index is 1.69. The third-order valence-corrected chi connectivity index (χ3v) is 5.78. The van der Waals surface area contributed by atoms with Gasteiger partial charge in [0.2, 0.25) is 0 Å². The number of likely N-dealkylation sites (tertiary alicyclic amines) is 1. The van der Waals surface area contributed by atoms with Crippen LogP contribution in [0.15, 0.2) is 41.2 Å². The van der Waals surface area contributed by atoms with Gasteiger partial charge in [-0.05, 0) is 37.1 Å². The molecule has 5 rings (SSSR count). The van der Waals surface area contributed by atoms with E-state index in [1.54, 1.807) is 0 Å². The number of nitrogen functional groups attached to an aromatic ring is 1. The summed E-state index contributed by atoms with van der Waals surface area (Å²) in [6.45, 7) is 4.74. The van der Waals surface area contributed by atoms with E-state index in [0.717, 1.165) is 54.0 Å². The molecular formula is C22H25N7O2. The first-order valence-electron chi connectivity index (χ1n) is 10.5. The van der Waals surface area contributed by atoms with Gasteiger partial charge in [-0.3, -0.25) is 0 Å². The molecule has 4 heterocycles. The summed E-state index contributed by atoms with van der Waals surface area (Å²) >= 11 is 0. The zero-order valence-electron chi connectivity index (χ0n) is 17.7. The second kappa shape index (κ2) is 7.99. The summed E-state index contributed by atoms with van der Waals surface area (Å²) in [5.74, 6) is 1.52. The van der Waals surface area contributed by atoms with Crippen molar-refractivity contribution in [1.29, 1.82) is 0 Å². The van der Waals surface area contributed by atoms with Crippen LogP contribution in [0, 0.1) is 0 Å². The number of anilines is 1. The van der Waals surface area contributed by atoms with Crippen molar-refractivity contribution in [3.63, 3.8) is 0 Å². The monoisotopic (exact) mass is 419 g/mol. The highest BCUT2D eigenvalue weighted by molar-refractivity contribution is 5.95. The quantitative estimate of drug-likeness (QED) is 0.525. The summed E-state index contributed by atoms with van der Waals surface area (Å²) in [7, 11) is 2.14. The summed E-state index contributed by atoms with van der Waals surface area (Å²) in [6.07, 6.45) is 3.91. The fourth-order valence-corrected chi connectivity index (χ4v) is 4.13. The molecule has 4 aromatic rings. The van der Waals surface area contributed by atoms with Gasteiger partial charge in [0, 0.05) is 25.2 Å². The minimum Gasteiger partial charge on any atom is -0.486 e. The molecule has 1 saturated heterocycles. The minimum absolute atomic E-state index is 0.145. The maximum Gasteiger partial charge on any atom is 0.199 e. The predicted octanol–water partition coefficient (Wildman–Crippen LogP) is 3.22. The molecule has 0 spiro atoms. The number of imidazole rings is 1. The first-order valence-corrected chi connectivity index (χ1v) is 10.5. The highest BCUT2D eigenvalue weighted by Crippen LogP contribution is 2.37. The molecule has 31 heavy (non-hydrogen) atoms. The van der Waals surface area contributed by atoms with Gasteiger partial charge in [0.25, 0.3) is 0 Å². The van der Waals surface area contributed by atoms with Crippen LogP contribution in [0.4, 0.5) is 5.82 Å². The molecule has 1 aliphatic heterocycles. The molecule has 0 atom stereocenters. The standard InChI is InChI=1S/C22H25N7O2/c1-3-29-20-16(30-15-9-11-28(2)12-10-15)13-24-17(14-7-5-4-6-8-14)18(20)25-22(29)19-21(23)27-31-26-19/h4-8,13,15H,3,9-12H2,1-2H3,(H2,23,27). The second-order valence-electron chi connectivity index (χ2n) is 7.83. The number of pyridine rings is 1. The molecule has 0 amide bonds. The van der Waals surface area contributed by atoms with Crippen molar-refractivity contribution in [1.82, 2.24) is 29.7 Å². The third kappa shape index (κ3) is 3.50. The van der Waals surface area contributed by atoms with Gasteiger partial charge in [-0.1, -0.05) is 30.3 Å². The zero-order chi connectivity index (χ0) is 21.4. The van der Waals surface area contributed by atoms with Gasteiger partial charge < -0.3 is 19.9 Å². The number of aromatic nitrogens is 5. The summed E-state index contributed by atoms with van der Waals surface area (Å²) in [6, 6.07) is 10.0. The number of fused-ring (bicyclic) bond motifs is 1. The molecule has 3 aromatic heterocycles. The highest BCUT2D eigenvalue weighted by Gasteiger charge is 2.26. The first kappa shape index (κ1) is 19.5. The van der Waals surface area contributed by atoms with Gasteiger partial charge in [0.1, 0.15) is 17.1 Å². The van der Waals surface area contributed by atoms with Crippen LogP contribution in [0.25, 0.3) is 33.8 Å². The molecule has 9 nitrogen and oxygen atoms in total. The lowest BCUT2D eigenvalue weighted by atomic mass is 10.1. The molecule has 1 aliphatic rings. The number of ether oxygens (including phenoxy) is 1. The SMILES string of the molecule is CCn1c(-c2nonc2N)nc2c(-c3ccccc3)ncc(OC3CCN(C)CC3)c21. The van der Waals surface area contributed by atoms with Crippen molar-refractivity contribution in [3.05, 3.63) is 36.5 Å². The van der Waals surface area contributed by atoms with E-state index in [0.29, 0.717) is 18.1 Å². The van der Waals surface area contributed by atoms with Crippen molar-refractivity contribution in [2.45, 2.75) is 32.4 Å². The Kier molecular flexibility index (Phi) is 5.03. The Morgan fingerprint density at radius 1 is 1.13 bits per heavy atom. The molecule has 0 saturated carbocycles. The molecule has 2 N–H and O–H groups in total. The van der Waals surface area contributed by atoms with Crippen LogP contribution < -0.4 is 10.5 Å². The van der Waals surface area contributed by atoms with E-state index < -0.39 is 0 Å². The summed E-state index contributed by atoms with van der Waals surface area (Å²) in [5.41, 5.74) is 9.81. The Morgan fingerprint density at radius 3 is 2.58 bits per heavy atom. The lowest BCUT2D eigenvalue weighted by molar-refractivity contribution is 0.115. The van der Waals surface area contributed by atoms with Crippen LogP contribution in [-0.4, -0.2) is 56.0 Å². The Morgan fingerprint density at radius 2 is 1.90 bits per heavy atom. The van der Waals surface area contributed by atoms with E-state index >= 15 is 0 Å². The van der Waals surface area contributed by atoms with Gasteiger partial charge in [0.05, 0.1) is 11.9 Å². The van der Waals surface area contributed by atoms with Crippen molar-refractivity contribution < 1.29 is 9.37 Å². The van der Waals surface area contributed by atoms with Gasteiger partial charge in [-0.25, -0.2) is 14.6 Å². The maximum absolute atomic E-state index is 6.47. The smallest absolute Gasteiger partial charge is 0.199 e. The van der Waals surface area contributed by atoms with E-state index in [9.17, 15) is 0 Å². The lowest BCUT2D eigenvalue weighted by Crippen LogP contribution is -2.35. The third-order valence-electron chi connectivity index (χ3n) is 5.78. The molecule has 0 bridgehead atoms. The number of aryl methyl sites for hydroxylation is 1. The van der Waals surface area contributed by atoms with Crippen LogP contribution in [0.2, 0.25) is 0 Å². The maximum atomic E-state index is 6.47. The Bertz CT molecular complexity index is 1190. The van der Waals surface area contributed by atoms with Crippen molar-refractivity contribution in [2.75, 3.05) is 25.9 Å². The molecular weight excluding hydrogens is 394 g/mol. The number of rotatable bonds is 5. The molecule has 0 aliphatic carbocycles. The molecule has 160 valence electrons. The van der Waals surface area contributed by atoms with Gasteiger partial charge >= 0.3 is 0 Å². The van der Waals surface area contributed by atoms with E-state index in [1.165, 1.54) is 0 Å². The number of hydrogen-bond acceptors (Lipinski definition) is 8. The number of benzene rings is 1. The van der Waals surface area contributed by atoms with Crippen LogP contribution in [-0.2, 0) is 6.54 Å². The van der Waals surface area contributed by atoms with Crippen LogP contribution >= 0.6 is 0 Å². The van der Waals surface area contributed by atoms with E-state index in [2.05, 4.69) is 29.2 Å². The normalized spacial score (nSPS) is 15.5. The van der Waals surface area contributed by atoms with Crippen molar-refractivity contribution >= 4 is 16.9 Å². The van der Waals surface area contributed by atoms with Gasteiger partial charge in [0.15, 0.2) is 23.1 Å². The molecule has 1 aromatic carbocycles. The fourth-order valence-electron chi connectivity index (χ4n) is 4.13. The number of hydrogen-bond donors (Lipinski definition) is 1. The highest BCUT2D eigenvalue weighted by atomic mass is 16.6. The van der Waals surface area contributed by atoms with Gasteiger partial charge in [-0.15, -0.1) is 0 Å². The van der Waals surface area contributed by atoms with Crippen LogP contribution in [0.5, 0.6) is 5.75 Å². The zero-order valence-corrected chi connectivity index (χ0v) is 17.7. The van der Waals surface area contributed by atoms with Crippen molar-refractivity contribution in [2.24, 2.45) is 0 Å². The van der Waals surface area contributed by atoms with Crippen LogP contribution in [0.1, 0.15) is 19.8 Å². The summed E-state index contributed by atoms with van der Waals surface area (Å²) < 4.78 is 13.4. The first-order chi connectivity index (χ1) is 15.2. The Labute approximate surface area is 179 Å². The molecule has 1 fully saturated rings. The van der Waals surface area contributed by atoms with Crippen molar-refractivity contribution in [3.8, 4) is 28.5 Å². The predicted molar refractivity (Wildman–Crippen MR) is 117 cm³/mol. The number of nitrogens with zero attached hydrogens (tertiary/aromatic N) is 6. The summed E-state index contributed by atoms with van der Waals surface area (Å²) in [4.78, 5) is 12.0. The molecule has 9 heteroatoms. The average Bonchev–Trinajstić information content (AvgIpc) is 3.39. The lowest BCUT2D eigenvalue weighted by Gasteiger charge is -2.29. The number of nitrogens with two attached hydrogens (primary N) is 1. The second-order valence-corrected chi connectivity index (χ2v) is 7.83. The molecule has 0 radical (unpaired) electrons. The summed E-state index contributed by atoms with van der Waals surface area (Å²) in [5, 5.41) is 7.71. The average molecular weight is 419 g/mol. The van der Waals surface area contributed by atoms with E-state index in [1.807, 2.05) is 41.1 Å². The topological polar surface area (TPSA) is 108 Å². The fraction of sp³-hybridized carbons (Fsp3) is 0.364. The van der Waals surface area contributed by atoms with Crippen LogP contribution in [0.3, 0.4) is 0 Å². The molecule has 0 unspecified atom stereocenters. The number of piperidine rings is 1. The van der Waals surface area contributed by atoms with Gasteiger partial charge in [-0.2, -0.15) is 0 Å². The van der Waals surface area contributed by atoms with E-state index in [-0.39, 0.29) is 11.9 Å². The largest absolute Gasteiger partial charge is 0.486 e. The van der Waals surface area contributed by atoms with E-state index in [4.69, 9.17) is 25.1 Å². The minimum atomic E-state index is 0.145.